The van der Waals surface area contributed by atoms with E-state index in [9.17, 15) is 19.3 Å². The Hall–Kier alpha value is -1.70. The van der Waals surface area contributed by atoms with Crippen LogP contribution < -0.4 is 0 Å². The molecule has 0 amide bonds. The monoisotopic (exact) mass is 251 g/mol. The number of carbonyl (C=O) groups excluding carboxylic acids is 1. The number of nitro groups is 1. The number of halogens is 2. The van der Waals surface area contributed by atoms with Crippen LogP contribution >= 0.6 is 11.6 Å². The van der Waals surface area contributed by atoms with Gasteiger partial charge < -0.3 is 14.9 Å². The van der Waals surface area contributed by atoms with Gasteiger partial charge in [0.05, 0.1) is 17.9 Å². The minimum Gasteiger partial charge on any atom is -0.462 e. The highest BCUT2D eigenvalue weighted by Gasteiger charge is 2.29. The van der Waals surface area contributed by atoms with Crippen LogP contribution in [-0.2, 0) is 9.53 Å². The molecule has 16 heavy (non-hydrogen) atoms. The number of alkyl halides is 1. The summed E-state index contributed by atoms with van der Waals surface area (Å²) in [7, 11) is 0. The topological polar surface area (TPSA) is 87.3 Å². The first-order valence-corrected chi connectivity index (χ1v) is 4.55. The van der Waals surface area contributed by atoms with E-state index in [0.29, 0.717) is 4.68 Å². The van der Waals surface area contributed by atoms with Crippen molar-refractivity contribution in [2.45, 2.75) is 13.2 Å². The molecule has 0 fully saturated rings. The lowest BCUT2D eigenvalue weighted by atomic mass is 10.6. The molecule has 0 N–H and O–H groups in total. The summed E-state index contributed by atoms with van der Waals surface area (Å²) in [6.07, 6.45) is -1.40. The standard InChI is InChI=1S/C7H7ClFN3O4/c1-2-16-7(13)5(9)11-3-4(8)6(10-11)12(14)15/h3,5H,2H2,1H3. The first kappa shape index (κ1) is 12.4. The van der Waals surface area contributed by atoms with Gasteiger partial charge in [-0.15, -0.1) is 4.68 Å². The van der Waals surface area contributed by atoms with E-state index in [1.807, 2.05) is 0 Å². The van der Waals surface area contributed by atoms with E-state index in [1.54, 1.807) is 0 Å². The molecule has 0 radical (unpaired) electrons. The zero-order valence-corrected chi connectivity index (χ0v) is 8.85. The number of rotatable bonds is 4. The summed E-state index contributed by atoms with van der Waals surface area (Å²) in [6.45, 7) is 1.50. The zero-order valence-electron chi connectivity index (χ0n) is 8.09. The van der Waals surface area contributed by atoms with Crippen molar-refractivity contribution in [2.24, 2.45) is 0 Å². The van der Waals surface area contributed by atoms with Crippen LogP contribution in [0.2, 0.25) is 5.02 Å². The molecule has 9 heteroatoms. The van der Waals surface area contributed by atoms with Gasteiger partial charge in [0.1, 0.15) is 0 Å². The van der Waals surface area contributed by atoms with Gasteiger partial charge in [-0.05, 0) is 11.8 Å². The molecule has 1 heterocycles. The second-order valence-electron chi connectivity index (χ2n) is 2.63. The van der Waals surface area contributed by atoms with Gasteiger partial charge in [0.25, 0.3) is 0 Å². The largest absolute Gasteiger partial charge is 0.462 e. The maximum Gasteiger partial charge on any atom is 0.408 e. The van der Waals surface area contributed by atoms with E-state index >= 15 is 0 Å². The predicted octanol–water partition coefficient (Wildman–Crippen LogP) is 1.48. The Kier molecular flexibility index (Phi) is 3.78. The molecule has 1 aromatic heterocycles. The van der Waals surface area contributed by atoms with Crippen molar-refractivity contribution >= 4 is 23.4 Å². The summed E-state index contributed by atoms with van der Waals surface area (Å²) in [5.41, 5.74) is 0. The molecule has 1 aromatic rings. The normalized spacial score (nSPS) is 12.2. The van der Waals surface area contributed by atoms with Crippen molar-refractivity contribution in [3.8, 4) is 0 Å². The number of esters is 1. The van der Waals surface area contributed by atoms with Crippen molar-refractivity contribution in [1.29, 1.82) is 0 Å². The average molecular weight is 252 g/mol. The van der Waals surface area contributed by atoms with Crippen LogP contribution in [0.4, 0.5) is 10.2 Å². The Morgan fingerprint density at radius 2 is 2.50 bits per heavy atom. The van der Waals surface area contributed by atoms with Crippen molar-refractivity contribution in [3.05, 3.63) is 21.3 Å². The Bertz CT molecular complexity index is 422. The SMILES string of the molecule is CCOC(=O)C(F)n1cc(Cl)c([N+](=O)[O-])n1. The molecule has 0 aliphatic rings. The highest BCUT2D eigenvalue weighted by Crippen LogP contribution is 2.24. The molecule has 0 aliphatic heterocycles. The van der Waals surface area contributed by atoms with Crippen molar-refractivity contribution in [1.82, 2.24) is 9.78 Å². The van der Waals surface area contributed by atoms with Crippen LogP contribution in [0.15, 0.2) is 6.20 Å². The second kappa shape index (κ2) is 4.88. The molecule has 1 atom stereocenters. The Labute approximate surface area is 93.9 Å². The van der Waals surface area contributed by atoms with Gasteiger partial charge in [0.2, 0.25) is 0 Å². The summed E-state index contributed by atoms with van der Waals surface area (Å²) in [6, 6.07) is 0. The lowest BCUT2D eigenvalue weighted by molar-refractivity contribution is -0.389. The van der Waals surface area contributed by atoms with Gasteiger partial charge in [-0.25, -0.2) is 9.18 Å². The maximum absolute atomic E-state index is 13.3. The Morgan fingerprint density at radius 3 is 2.94 bits per heavy atom. The van der Waals surface area contributed by atoms with Gasteiger partial charge in [0, 0.05) is 0 Å². The fourth-order valence-corrected chi connectivity index (χ4v) is 1.13. The third kappa shape index (κ3) is 2.45. The van der Waals surface area contributed by atoms with E-state index in [2.05, 4.69) is 9.84 Å². The molecule has 0 aromatic carbocycles. The van der Waals surface area contributed by atoms with Crippen LogP contribution in [-0.4, -0.2) is 27.3 Å². The number of carbonyl (C=O) groups is 1. The molecule has 1 rings (SSSR count). The van der Waals surface area contributed by atoms with E-state index in [-0.39, 0.29) is 11.6 Å². The molecular weight excluding hydrogens is 245 g/mol. The molecule has 0 saturated carbocycles. The fourth-order valence-electron chi connectivity index (χ4n) is 0.919. The summed E-state index contributed by atoms with van der Waals surface area (Å²) in [4.78, 5) is 20.4. The molecule has 7 nitrogen and oxygen atoms in total. The lowest BCUT2D eigenvalue weighted by Crippen LogP contribution is -2.18. The third-order valence-corrected chi connectivity index (χ3v) is 1.82. The van der Waals surface area contributed by atoms with Gasteiger partial charge in [-0.2, -0.15) is 0 Å². The zero-order chi connectivity index (χ0) is 12.3. The molecule has 0 saturated heterocycles. The number of hydrogen-bond donors (Lipinski definition) is 0. The molecule has 0 bridgehead atoms. The van der Waals surface area contributed by atoms with Gasteiger partial charge >= 0.3 is 18.1 Å². The summed E-state index contributed by atoms with van der Waals surface area (Å²) in [5.74, 6) is -1.90. The van der Waals surface area contributed by atoms with E-state index in [0.717, 1.165) is 6.20 Å². The van der Waals surface area contributed by atoms with Crippen LogP contribution in [0.25, 0.3) is 0 Å². The first-order chi connectivity index (χ1) is 7.47. The van der Waals surface area contributed by atoms with Crippen molar-refractivity contribution in [2.75, 3.05) is 6.61 Å². The molecular formula is C7H7ClFN3O4. The summed E-state index contributed by atoms with van der Waals surface area (Å²) >= 11 is 5.42. The Balaban J connectivity index is 2.92. The van der Waals surface area contributed by atoms with E-state index in [1.165, 1.54) is 6.92 Å². The first-order valence-electron chi connectivity index (χ1n) is 4.17. The van der Waals surface area contributed by atoms with Crippen LogP contribution in [0.5, 0.6) is 0 Å². The highest BCUT2D eigenvalue weighted by molar-refractivity contribution is 6.32. The summed E-state index contributed by atoms with van der Waals surface area (Å²) < 4.78 is 18.1. The van der Waals surface area contributed by atoms with Crippen LogP contribution in [0.1, 0.15) is 13.2 Å². The molecule has 0 aliphatic carbocycles. The minimum atomic E-state index is -2.24. The van der Waals surface area contributed by atoms with Crippen molar-refractivity contribution in [3.63, 3.8) is 0 Å². The van der Waals surface area contributed by atoms with Gasteiger partial charge in [-0.3, -0.25) is 0 Å². The quantitative estimate of drug-likeness (QED) is 0.459. The second-order valence-corrected chi connectivity index (χ2v) is 3.03. The van der Waals surface area contributed by atoms with E-state index < -0.39 is 23.0 Å². The number of nitrogens with zero attached hydrogens (tertiary/aromatic N) is 3. The fraction of sp³-hybridized carbons (Fsp3) is 0.429. The molecule has 88 valence electrons. The number of aromatic nitrogens is 2. The third-order valence-electron chi connectivity index (χ3n) is 1.56. The smallest absolute Gasteiger partial charge is 0.408 e. The van der Waals surface area contributed by atoms with Crippen LogP contribution in [0, 0.1) is 10.1 Å². The van der Waals surface area contributed by atoms with Gasteiger partial charge in [-0.1, -0.05) is 11.6 Å². The summed E-state index contributed by atoms with van der Waals surface area (Å²) in [5, 5.41) is 13.2. The minimum absolute atomic E-state index is 0.00362. The highest BCUT2D eigenvalue weighted by atomic mass is 35.5. The molecule has 0 spiro atoms. The van der Waals surface area contributed by atoms with Gasteiger partial charge in [0.15, 0.2) is 5.02 Å². The molecule has 1 unspecified atom stereocenters. The lowest BCUT2D eigenvalue weighted by Gasteiger charge is -2.03. The average Bonchev–Trinajstić information content (AvgIpc) is 2.59. The van der Waals surface area contributed by atoms with E-state index in [4.69, 9.17) is 11.6 Å². The Morgan fingerprint density at radius 1 is 1.88 bits per heavy atom. The number of hydrogen-bond acceptors (Lipinski definition) is 5. The predicted molar refractivity (Wildman–Crippen MR) is 50.7 cm³/mol. The maximum atomic E-state index is 13.3. The number of ether oxygens (including phenoxy) is 1. The van der Waals surface area contributed by atoms with Crippen molar-refractivity contribution < 1.29 is 18.8 Å². The van der Waals surface area contributed by atoms with Crippen LogP contribution in [0.3, 0.4) is 0 Å².